The van der Waals surface area contributed by atoms with Gasteiger partial charge in [-0.1, -0.05) is 15.5 Å². The molecule has 0 saturated heterocycles. The highest BCUT2D eigenvalue weighted by Crippen LogP contribution is 2.13. The Balaban J connectivity index is 2.88. The number of hydrogen-bond acceptors (Lipinski definition) is 9. The lowest BCUT2D eigenvalue weighted by Gasteiger charge is -2.15. The Morgan fingerprint density at radius 2 is 1.24 bits per heavy atom. The van der Waals surface area contributed by atoms with Crippen LogP contribution in [0.15, 0.2) is 15.5 Å². The van der Waals surface area contributed by atoms with E-state index >= 15 is 0 Å². The summed E-state index contributed by atoms with van der Waals surface area (Å²) in [4.78, 5) is 45.9. The Kier molecular flexibility index (Phi) is 6.18. The predicted octanol–water partition coefficient (Wildman–Crippen LogP) is 0.928. The van der Waals surface area contributed by atoms with E-state index in [1.807, 2.05) is 0 Å². The molecule has 0 bridgehead atoms. The highest BCUT2D eigenvalue weighted by Gasteiger charge is 2.23. The minimum atomic E-state index is -0.599. The van der Waals surface area contributed by atoms with Crippen molar-refractivity contribution >= 4 is 35.0 Å². The molecular formula is C12H15N3O6. The third-order valence-electron chi connectivity index (χ3n) is 2.23. The molecule has 0 aromatic rings. The van der Waals surface area contributed by atoms with Crippen molar-refractivity contribution in [1.82, 2.24) is 0 Å². The standard InChI is InChI=1S/C12H15N3O6/c1-7(16)19-13-10-4-5-11(14-20-8(2)17)12(6-10)15-21-9(3)18/h4-6H2,1-3H3. The first kappa shape index (κ1) is 16.5. The summed E-state index contributed by atoms with van der Waals surface area (Å²) in [7, 11) is 0. The van der Waals surface area contributed by atoms with Crippen LogP contribution in [0.1, 0.15) is 40.0 Å². The normalized spacial score (nSPS) is 20.4. The summed E-state index contributed by atoms with van der Waals surface area (Å²) in [6, 6.07) is 0. The summed E-state index contributed by atoms with van der Waals surface area (Å²) in [6.07, 6.45) is 0.973. The van der Waals surface area contributed by atoms with E-state index in [0.717, 1.165) is 0 Å². The van der Waals surface area contributed by atoms with Crippen LogP contribution in [0.5, 0.6) is 0 Å². The van der Waals surface area contributed by atoms with E-state index in [2.05, 4.69) is 30.0 Å². The second-order valence-electron chi connectivity index (χ2n) is 4.16. The molecule has 0 radical (unpaired) electrons. The fourth-order valence-electron chi connectivity index (χ4n) is 1.42. The molecule has 0 spiro atoms. The smallest absolute Gasteiger partial charge is 0.319 e. The largest absolute Gasteiger partial charge is 0.331 e. The second kappa shape index (κ2) is 7.88. The first-order chi connectivity index (χ1) is 9.88. The lowest BCUT2D eigenvalue weighted by molar-refractivity contribution is -0.142. The van der Waals surface area contributed by atoms with E-state index in [-0.39, 0.29) is 12.1 Å². The van der Waals surface area contributed by atoms with Crippen LogP contribution in [-0.4, -0.2) is 35.0 Å². The third kappa shape index (κ3) is 6.41. The third-order valence-corrected chi connectivity index (χ3v) is 2.23. The van der Waals surface area contributed by atoms with Gasteiger partial charge >= 0.3 is 17.9 Å². The van der Waals surface area contributed by atoms with Crippen LogP contribution >= 0.6 is 0 Å². The Morgan fingerprint density at radius 3 is 1.76 bits per heavy atom. The van der Waals surface area contributed by atoms with E-state index in [4.69, 9.17) is 0 Å². The molecule has 9 heteroatoms. The van der Waals surface area contributed by atoms with Gasteiger partial charge in [0.1, 0.15) is 11.4 Å². The minimum Gasteiger partial charge on any atom is -0.319 e. The summed E-state index contributed by atoms with van der Waals surface area (Å²) < 4.78 is 0. The first-order valence-electron chi connectivity index (χ1n) is 6.11. The molecule has 9 nitrogen and oxygen atoms in total. The SMILES string of the molecule is CC(=O)ON=C1CCC(=NOC(C)=O)C(=NOC(C)=O)C1. The average Bonchev–Trinajstić information content (AvgIpc) is 2.41. The number of rotatable bonds is 3. The van der Waals surface area contributed by atoms with Gasteiger partial charge in [-0.15, -0.1) is 0 Å². The zero-order valence-corrected chi connectivity index (χ0v) is 11.9. The highest BCUT2D eigenvalue weighted by atomic mass is 16.7. The predicted molar refractivity (Wildman–Crippen MR) is 71.5 cm³/mol. The molecule has 0 amide bonds. The lowest BCUT2D eigenvalue weighted by Crippen LogP contribution is -2.27. The van der Waals surface area contributed by atoms with Gasteiger partial charge in [-0.25, -0.2) is 14.4 Å². The maximum absolute atomic E-state index is 10.8. The van der Waals surface area contributed by atoms with Gasteiger partial charge in [-0.05, 0) is 6.42 Å². The fourth-order valence-corrected chi connectivity index (χ4v) is 1.42. The van der Waals surface area contributed by atoms with Crippen LogP contribution < -0.4 is 0 Å². The monoisotopic (exact) mass is 297 g/mol. The molecule has 1 aliphatic rings. The van der Waals surface area contributed by atoms with Gasteiger partial charge in [0.25, 0.3) is 0 Å². The van der Waals surface area contributed by atoms with Gasteiger partial charge in [0.15, 0.2) is 0 Å². The van der Waals surface area contributed by atoms with E-state index in [1.165, 1.54) is 20.8 Å². The molecule has 1 saturated carbocycles. The minimum absolute atomic E-state index is 0.167. The summed E-state index contributed by atoms with van der Waals surface area (Å²) in [5.74, 6) is -1.72. The number of carbonyl (C=O) groups is 3. The van der Waals surface area contributed by atoms with E-state index < -0.39 is 17.9 Å². The van der Waals surface area contributed by atoms with E-state index in [9.17, 15) is 14.4 Å². The molecule has 0 aromatic carbocycles. The molecule has 0 aliphatic heterocycles. The molecular weight excluding hydrogens is 282 g/mol. The van der Waals surface area contributed by atoms with Crippen LogP contribution in [-0.2, 0) is 28.9 Å². The van der Waals surface area contributed by atoms with Crippen LogP contribution in [0, 0.1) is 0 Å². The Bertz CT molecular complexity index is 535. The Labute approximate surface area is 120 Å². The molecule has 1 aliphatic carbocycles. The zero-order valence-electron chi connectivity index (χ0n) is 11.9. The molecule has 1 fully saturated rings. The average molecular weight is 297 g/mol. The summed E-state index contributed by atoms with van der Waals surface area (Å²) in [5.41, 5.74) is 1.19. The van der Waals surface area contributed by atoms with Gasteiger partial charge in [0.05, 0.1) is 5.71 Å². The van der Waals surface area contributed by atoms with Crippen molar-refractivity contribution in [1.29, 1.82) is 0 Å². The number of oxime groups is 3. The van der Waals surface area contributed by atoms with Gasteiger partial charge < -0.3 is 14.5 Å². The van der Waals surface area contributed by atoms with Crippen molar-refractivity contribution in [2.24, 2.45) is 15.5 Å². The summed E-state index contributed by atoms with van der Waals surface area (Å²) in [5, 5.41) is 11.0. The number of carbonyl (C=O) groups excluding carboxylic acids is 3. The van der Waals surface area contributed by atoms with Crippen LogP contribution in [0.4, 0.5) is 0 Å². The van der Waals surface area contributed by atoms with Crippen molar-refractivity contribution in [2.45, 2.75) is 40.0 Å². The van der Waals surface area contributed by atoms with Crippen molar-refractivity contribution in [3.05, 3.63) is 0 Å². The van der Waals surface area contributed by atoms with Crippen molar-refractivity contribution in [2.75, 3.05) is 0 Å². The maximum Gasteiger partial charge on any atom is 0.331 e. The number of hydrogen-bond donors (Lipinski definition) is 0. The van der Waals surface area contributed by atoms with Crippen molar-refractivity contribution < 1.29 is 28.9 Å². The molecule has 114 valence electrons. The second-order valence-corrected chi connectivity index (χ2v) is 4.16. The van der Waals surface area contributed by atoms with Gasteiger partial charge in [-0.3, -0.25) is 0 Å². The maximum atomic E-state index is 10.8. The summed E-state index contributed by atoms with van der Waals surface area (Å²) in [6.45, 7) is 3.64. The quantitative estimate of drug-likeness (QED) is 0.565. The molecule has 0 heterocycles. The van der Waals surface area contributed by atoms with E-state index in [1.54, 1.807) is 0 Å². The Hall–Kier alpha value is -2.58. The summed E-state index contributed by atoms with van der Waals surface area (Å²) >= 11 is 0. The van der Waals surface area contributed by atoms with Gasteiger partial charge in [-0.2, -0.15) is 0 Å². The first-order valence-corrected chi connectivity index (χ1v) is 6.11. The van der Waals surface area contributed by atoms with Gasteiger partial charge in [0.2, 0.25) is 0 Å². The van der Waals surface area contributed by atoms with Crippen LogP contribution in [0.3, 0.4) is 0 Å². The Morgan fingerprint density at radius 1 is 0.762 bits per heavy atom. The molecule has 0 aromatic heterocycles. The van der Waals surface area contributed by atoms with Crippen LogP contribution in [0.25, 0.3) is 0 Å². The topological polar surface area (TPSA) is 116 Å². The van der Waals surface area contributed by atoms with Gasteiger partial charge in [0, 0.05) is 33.6 Å². The van der Waals surface area contributed by atoms with Crippen molar-refractivity contribution in [3.8, 4) is 0 Å². The molecule has 0 atom stereocenters. The zero-order chi connectivity index (χ0) is 15.8. The molecule has 1 rings (SSSR count). The number of nitrogens with zero attached hydrogens (tertiary/aromatic N) is 3. The fraction of sp³-hybridized carbons (Fsp3) is 0.500. The van der Waals surface area contributed by atoms with Crippen molar-refractivity contribution in [3.63, 3.8) is 0 Å². The van der Waals surface area contributed by atoms with Crippen LogP contribution in [0.2, 0.25) is 0 Å². The van der Waals surface area contributed by atoms with E-state index in [0.29, 0.717) is 24.3 Å². The highest BCUT2D eigenvalue weighted by molar-refractivity contribution is 6.47. The molecule has 0 N–H and O–H groups in total. The lowest BCUT2D eigenvalue weighted by atomic mass is 9.95. The molecule has 0 unspecified atom stereocenters. The molecule has 21 heavy (non-hydrogen) atoms.